The van der Waals surface area contributed by atoms with Crippen molar-refractivity contribution in [2.24, 2.45) is 0 Å². The summed E-state index contributed by atoms with van der Waals surface area (Å²) < 4.78 is 1.70. The number of hydrogen-bond acceptors (Lipinski definition) is 3. The Hall–Kier alpha value is -2.17. The lowest BCUT2D eigenvalue weighted by atomic mass is 10.2. The number of aromatic nitrogens is 3. The van der Waals surface area contributed by atoms with Crippen LogP contribution in [0.4, 0.5) is 0 Å². The van der Waals surface area contributed by atoms with Gasteiger partial charge in [-0.25, -0.2) is 4.79 Å². The van der Waals surface area contributed by atoms with E-state index in [-0.39, 0.29) is 5.56 Å². The van der Waals surface area contributed by atoms with Crippen LogP contribution < -0.4 is 0 Å². The SMILES string of the molecule is CCc1nncn1-c1ccccc1C(=O)O. The summed E-state index contributed by atoms with van der Waals surface area (Å²) in [5.74, 6) is -0.208. The first-order valence-electron chi connectivity index (χ1n) is 4.95. The van der Waals surface area contributed by atoms with E-state index in [9.17, 15) is 4.79 Å². The molecule has 2 rings (SSSR count). The fourth-order valence-corrected chi connectivity index (χ4v) is 1.57. The number of carboxylic acid groups (broad SMARTS) is 1. The van der Waals surface area contributed by atoms with Crippen molar-refractivity contribution in [1.82, 2.24) is 14.8 Å². The Bertz CT molecular complexity index is 519. The molecule has 5 heteroatoms. The summed E-state index contributed by atoms with van der Waals surface area (Å²) in [5.41, 5.74) is 0.842. The van der Waals surface area contributed by atoms with Crippen LogP contribution >= 0.6 is 0 Å². The summed E-state index contributed by atoms with van der Waals surface area (Å²) in [6.07, 6.45) is 2.23. The van der Waals surface area contributed by atoms with Crippen LogP contribution in [0.3, 0.4) is 0 Å². The van der Waals surface area contributed by atoms with E-state index >= 15 is 0 Å². The average Bonchev–Trinajstić information content (AvgIpc) is 2.76. The van der Waals surface area contributed by atoms with Crippen molar-refractivity contribution in [3.05, 3.63) is 42.0 Å². The average molecular weight is 217 g/mol. The van der Waals surface area contributed by atoms with Gasteiger partial charge in [-0.1, -0.05) is 19.1 Å². The van der Waals surface area contributed by atoms with Gasteiger partial charge in [-0.2, -0.15) is 0 Å². The molecule has 0 fully saturated rings. The molecule has 5 nitrogen and oxygen atoms in total. The maximum atomic E-state index is 11.1. The standard InChI is InChI=1S/C11H11N3O2/c1-2-10-13-12-7-14(10)9-6-4-3-5-8(9)11(15)16/h3-7H,2H2,1H3,(H,15,16). The van der Waals surface area contributed by atoms with Crippen LogP contribution in [0, 0.1) is 0 Å². The molecule has 0 bridgehead atoms. The zero-order chi connectivity index (χ0) is 11.5. The van der Waals surface area contributed by atoms with Crippen LogP contribution in [0.25, 0.3) is 5.69 Å². The third kappa shape index (κ3) is 1.67. The van der Waals surface area contributed by atoms with Gasteiger partial charge in [0.25, 0.3) is 0 Å². The number of aryl methyl sites for hydroxylation is 1. The molecule has 1 aromatic heterocycles. The Labute approximate surface area is 92.4 Å². The van der Waals surface area contributed by atoms with Gasteiger partial charge in [0.05, 0.1) is 11.3 Å². The van der Waals surface area contributed by atoms with Crippen LogP contribution in [0.5, 0.6) is 0 Å². The molecule has 2 aromatic rings. The number of carbonyl (C=O) groups is 1. The summed E-state index contributed by atoms with van der Waals surface area (Å²) >= 11 is 0. The molecule has 0 saturated carbocycles. The smallest absolute Gasteiger partial charge is 0.337 e. The van der Waals surface area contributed by atoms with Crippen LogP contribution in [-0.2, 0) is 6.42 Å². The Morgan fingerprint density at radius 1 is 1.44 bits per heavy atom. The van der Waals surface area contributed by atoms with E-state index in [1.807, 2.05) is 6.92 Å². The molecule has 1 heterocycles. The highest BCUT2D eigenvalue weighted by Crippen LogP contribution is 2.15. The summed E-state index contributed by atoms with van der Waals surface area (Å²) in [6, 6.07) is 6.80. The number of hydrogen-bond donors (Lipinski definition) is 1. The normalized spacial score (nSPS) is 10.3. The number of aromatic carboxylic acids is 1. The second kappa shape index (κ2) is 4.14. The molecule has 0 aliphatic heterocycles. The minimum atomic E-state index is -0.952. The van der Waals surface area contributed by atoms with Crippen LogP contribution in [0.1, 0.15) is 23.1 Å². The topological polar surface area (TPSA) is 68.0 Å². The summed E-state index contributed by atoms with van der Waals surface area (Å²) in [7, 11) is 0. The number of benzene rings is 1. The van der Waals surface area contributed by atoms with Gasteiger partial charge >= 0.3 is 5.97 Å². The van der Waals surface area contributed by atoms with Crippen LogP contribution in [-0.4, -0.2) is 25.8 Å². The van der Waals surface area contributed by atoms with Crippen molar-refractivity contribution in [2.75, 3.05) is 0 Å². The van der Waals surface area contributed by atoms with Crippen molar-refractivity contribution < 1.29 is 9.90 Å². The molecule has 0 unspecified atom stereocenters. The summed E-state index contributed by atoms with van der Waals surface area (Å²) in [5, 5.41) is 16.8. The first-order chi connectivity index (χ1) is 7.74. The summed E-state index contributed by atoms with van der Waals surface area (Å²) in [6.45, 7) is 1.95. The largest absolute Gasteiger partial charge is 0.478 e. The van der Waals surface area contributed by atoms with Gasteiger partial charge in [-0.3, -0.25) is 4.57 Å². The molecular weight excluding hydrogens is 206 g/mol. The lowest BCUT2D eigenvalue weighted by Gasteiger charge is -2.08. The van der Waals surface area contributed by atoms with Gasteiger partial charge in [-0.15, -0.1) is 10.2 Å². The van der Waals surface area contributed by atoms with Gasteiger partial charge in [0, 0.05) is 6.42 Å². The first kappa shape index (κ1) is 10.4. The molecule has 0 aliphatic carbocycles. The Kier molecular flexibility index (Phi) is 2.68. The van der Waals surface area contributed by atoms with E-state index in [1.54, 1.807) is 28.8 Å². The maximum Gasteiger partial charge on any atom is 0.337 e. The minimum absolute atomic E-state index is 0.247. The molecule has 0 radical (unpaired) electrons. The quantitative estimate of drug-likeness (QED) is 0.846. The zero-order valence-corrected chi connectivity index (χ0v) is 8.79. The van der Waals surface area contributed by atoms with E-state index < -0.39 is 5.97 Å². The molecule has 1 N–H and O–H groups in total. The van der Waals surface area contributed by atoms with Gasteiger partial charge in [0.2, 0.25) is 0 Å². The molecule has 0 saturated heterocycles. The zero-order valence-electron chi connectivity index (χ0n) is 8.79. The maximum absolute atomic E-state index is 11.1. The lowest BCUT2D eigenvalue weighted by Crippen LogP contribution is -2.06. The third-order valence-electron chi connectivity index (χ3n) is 2.33. The monoisotopic (exact) mass is 217 g/mol. The number of nitrogens with zero attached hydrogens (tertiary/aromatic N) is 3. The fourth-order valence-electron chi connectivity index (χ4n) is 1.57. The first-order valence-corrected chi connectivity index (χ1v) is 4.95. The Morgan fingerprint density at radius 3 is 2.88 bits per heavy atom. The van der Waals surface area contributed by atoms with E-state index in [0.29, 0.717) is 12.1 Å². The van der Waals surface area contributed by atoms with E-state index in [0.717, 1.165) is 5.82 Å². The van der Waals surface area contributed by atoms with E-state index in [1.165, 1.54) is 6.33 Å². The predicted molar refractivity (Wildman–Crippen MR) is 57.7 cm³/mol. The van der Waals surface area contributed by atoms with Crippen molar-refractivity contribution >= 4 is 5.97 Å². The van der Waals surface area contributed by atoms with E-state index in [4.69, 9.17) is 5.11 Å². The Balaban J connectivity index is 2.60. The van der Waals surface area contributed by atoms with Crippen molar-refractivity contribution in [3.63, 3.8) is 0 Å². The fraction of sp³-hybridized carbons (Fsp3) is 0.182. The molecule has 0 aliphatic rings. The van der Waals surface area contributed by atoms with Crippen molar-refractivity contribution in [2.45, 2.75) is 13.3 Å². The third-order valence-corrected chi connectivity index (χ3v) is 2.33. The van der Waals surface area contributed by atoms with E-state index in [2.05, 4.69) is 10.2 Å². The molecule has 0 spiro atoms. The molecule has 1 aromatic carbocycles. The highest BCUT2D eigenvalue weighted by atomic mass is 16.4. The predicted octanol–water partition coefficient (Wildman–Crippen LogP) is 1.53. The Morgan fingerprint density at radius 2 is 2.19 bits per heavy atom. The van der Waals surface area contributed by atoms with Gasteiger partial charge in [0.1, 0.15) is 12.2 Å². The molecular formula is C11H11N3O2. The molecule has 16 heavy (non-hydrogen) atoms. The van der Waals surface area contributed by atoms with Crippen molar-refractivity contribution in [1.29, 1.82) is 0 Å². The molecule has 0 amide bonds. The number of rotatable bonds is 3. The number of carboxylic acids is 1. The number of para-hydroxylation sites is 1. The lowest BCUT2D eigenvalue weighted by molar-refractivity contribution is 0.0697. The molecule has 82 valence electrons. The van der Waals surface area contributed by atoms with Crippen LogP contribution in [0.2, 0.25) is 0 Å². The van der Waals surface area contributed by atoms with Crippen molar-refractivity contribution in [3.8, 4) is 5.69 Å². The molecule has 0 atom stereocenters. The van der Waals surface area contributed by atoms with Crippen LogP contribution in [0.15, 0.2) is 30.6 Å². The van der Waals surface area contributed by atoms with Gasteiger partial charge in [0.15, 0.2) is 0 Å². The summed E-state index contributed by atoms with van der Waals surface area (Å²) in [4.78, 5) is 11.1. The minimum Gasteiger partial charge on any atom is -0.478 e. The second-order valence-corrected chi connectivity index (χ2v) is 3.29. The second-order valence-electron chi connectivity index (χ2n) is 3.29. The highest BCUT2D eigenvalue weighted by molar-refractivity contribution is 5.91. The van der Waals surface area contributed by atoms with Gasteiger partial charge < -0.3 is 5.11 Å². The van der Waals surface area contributed by atoms with Gasteiger partial charge in [-0.05, 0) is 12.1 Å². The highest BCUT2D eigenvalue weighted by Gasteiger charge is 2.12.